The smallest absolute Gasteiger partial charge is 0.246 e. The van der Waals surface area contributed by atoms with Crippen LogP contribution < -0.4 is 0 Å². The van der Waals surface area contributed by atoms with E-state index in [0.29, 0.717) is 17.9 Å². The van der Waals surface area contributed by atoms with Crippen LogP contribution in [0.2, 0.25) is 0 Å². The predicted molar refractivity (Wildman–Crippen MR) is 89.3 cm³/mol. The first-order valence-electron chi connectivity index (χ1n) is 9.06. The minimum atomic E-state index is -5.02. The molecule has 3 rings (SSSR count). The molecule has 0 radical (unpaired) electrons. The van der Waals surface area contributed by atoms with E-state index in [-0.39, 0.29) is 5.57 Å². The fourth-order valence-corrected chi connectivity index (χ4v) is 4.30. The van der Waals surface area contributed by atoms with Crippen LogP contribution in [0.3, 0.4) is 0 Å². The van der Waals surface area contributed by atoms with Crippen LogP contribution in [0.25, 0.3) is 0 Å². The predicted octanol–water partition coefficient (Wildman–Crippen LogP) is 6.55. The summed E-state index contributed by atoms with van der Waals surface area (Å²) in [6, 6.07) is 0. The molecule has 1 unspecified atom stereocenters. The van der Waals surface area contributed by atoms with E-state index >= 15 is 0 Å². The minimum Gasteiger partial charge on any atom is -0.246 e. The summed E-state index contributed by atoms with van der Waals surface area (Å²) in [6.07, 6.45) is 9.71. The minimum absolute atomic E-state index is 0.0317. The Morgan fingerprint density at radius 1 is 1.12 bits per heavy atom. The van der Waals surface area contributed by atoms with Crippen LogP contribution in [0, 0.1) is 11.8 Å². The van der Waals surface area contributed by atoms with Gasteiger partial charge in [0.2, 0.25) is 0 Å². The molecule has 0 bridgehead atoms. The molecule has 0 aromatic rings. The van der Waals surface area contributed by atoms with Crippen LogP contribution in [0.4, 0.5) is 17.6 Å². The van der Waals surface area contributed by atoms with E-state index in [0.717, 1.165) is 24.8 Å². The number of hydrogen-bond acceptors (Lipinski definition) is 1. The Bertz CT molecular complexity index is 618. The summed E-state index contributed by atoms with van der Waals surface area (Å²) in [6.45, 7) is 2.21. The summed E-state index contributed by atoms with van der Waals surface area (Å²) < 4.78 is 56.2. The first-order valence-corrected chi connectivity index (χ1v) is 9.06. The molecule has 3 aliphatic carbocycles. The molecule has 25 heavy (non-hydrogen) atoms. The molecule has 1 nitrogen and oxygen atoms in total. The van der Waals surface area contributed by atoms with Gasteiger partial charge in [0.1, 0.15) is 0 Å². The number of rotatable bonds is 4. The molecule has 0 aromatic carbocycles. The third-order valence-corrected chi connectivity index (χ3v) is 5.51. The zero-order valence-corrected chi connectivity index (χ0v) is 14.4. The van der Waals surface area contributed by atoms with Gasteiger partial charge in [0, 0.05) is 5.57 Å². The highest BCUT2D eigenvalue weighted by Crippen LogP contribution is 2.45. The van der Waals surface area contributed by atoms with E-state index in [1.807, 2.05) is 6.08 Å². The molecule has 0 heterocycles. The number of fused-ring (bicyclic) bond motifs is 1. The normalized spacial score (nSPS) is 32.6. The second-order valence-corrected chi connectivity index (χ2v) is 7.25. The monoisotopic (exact) mass is 356 g/mol. The van der Waals surface area contributed by atoms with E-state index in [9.17, 15) is 17.6 Å². The standard InChI is InChI=1S/C20H24F4O/c1-2-4-14-6-8-15(9-7-14)16-10-11-18-17(13-16)5-3-12-19(18,21)25-20(22,23)24/h3,5,10-12,14-15H,2,4,6-9,13H2,1H3/t14-,15-,19?. The van der Waals surface area contributed by atoms with Crippen molar-refractivity contribution in [3.8, 4) is 0 Å². The average molecular weight is 356 g/mol. The topological polar surface area (TPSA) is 9.23 Å². The number of allylic oxidation sites excluding steroid dienone is 5. The van der Waals surface area contributed by atoms with Gasteiger partial charge in [-0.1, -0.05) is 49.6 Å². The lowest BCUT2D eigenvalue weighted by atomic mass is 9.73. The molecule has 1 atom stereocenters. The van der Waals surface area contributed by atoms with Crippen molar-refractivity contribution < 1.29 is 22.3 Å². The van der Waals surface area contributed by atoms with Gasteiger partial charge >= 0.3 is 6.36 Å². The fraction of sp³-hybridized carbons (Fsp3) is 0.600. The molecule has 0 aliphatic heterocycles. The first kappa shape index (κ1) is 18.4. The van der Waals surface area contributed by atoms with Crippen LogP contribution in [0.1, 0.15) is 51.9 Å². The van der Waals surface area contributed by atoms with Crippen molar-refractivity contribution in [1.82, 2.24) is 0 Å². The number of ether oxygens (including phenoxy) is 1. The highest BCUT2D eigenvalue weighted by atomic mass is 19.4. The third kappa shape index (κ3) is 4.25. The fourth-order valence-electron chi connectivity index (χ4n) is 4.30. The van der Waals surface area contributed by atoms with Gasteiger partial charge in [-0.15, -0.1) is 13.2 Å². The Kier molecular flexibility index (Phi) is 5.24. The molecule has 3 aliphatic rings. The van der Waals surface area contributed by atoms with E-state index in [1.165, 1.54) is 43.4 Å². The Morgan fingerprint density at radius 2 is 1.84 bits per heavy atom. The lowest BCUT2D eigenvalue weighted by molar-refractivity contribution is -0.372. The van der Waals surface area contributed by atoms with Crippen LogP contribution in [-0.2, 0) is 4.74 Å². The number of hydrogen-bond donors (Lipinski definition) is 0. The Morgan fingerprint density at radius 3 is 2.48 bits per heavy atom. The van der Waals surface area contributed by atoms with Crippen LogP contribution >= 0.6 is 0 Å². The summed E-state index contributed by atoms with van der Waals surface area (Å²) in [5, 5.41) is 0. The van der Waals surface area contributed by atoms with E-state index in [2.05, 4.69) is 11.7 Å². The van der Waals surface area contributed by atoms with Gasteiger partial charge < -0.3 is 0 Å². The summed E-state index contributed by atoms with van der Waals surface area (Å²) >= 11 is 0. The molecular formula is C20H24F4O. The molecule has 5 heteroatoms. The van der Waals surface area contributed by atoms with Crippen molar-refractivity contribution >= 4 is 0 Å². The maximum atomic E-state index is 14.7. The zero-order valence-electron chi connectivity index (χ0n) is 14.4. The van der Waals surface area contributed by atoms with E-state index in [4.69, 9.17) is 0 Å². The van der Waals surface area contributed by atoms with Crippen molar-refractivity contribution in [2.24, 2.45) is 11.8 Å². The molecule has 0 saturated heterocycles. The summed E-state index contributed by atoms with van der Waals surface area (Å²) in [4.78, 5) is 0. The molecule has 0 N–H and O–H groups in total. The van der Waals surface area contributed by atoms with Gasteiger partial charge in [-0.25, -0.2) is 9.13 Å². The first-order chi connectivity index (χ1) is 11.8. The van der Waals surface area contributed by atoms with E-state index < -0.39 is 12.2 Å². The summed E-state index contributed by atoms with van der Waals surface area (Å²) in [7, 11) is 0. The molecule has 0 amide bonds. The highest BCUT2D eigenvalue weighted by Gasteiger charge is 2.47. The molecular weight excluding hydrogens is 332 g/mol. The molecule has 138 valence electrons. The Hall–Kier alpha value is -1.36. The van der Waals surface area contributed by atoms with Crippen LogP contribution in [0.15, 0.2) is 47.1 Å². The largest absolute Gasteiger partial charge is 0.525 e. The third-order valence-electron chi connectivity index (χ3n) is 5.51. The highest BCUT2D eigenvalue weighted by molar-refractivity contribution is 5.52. The molecule has 0 aromatic heterocycles. The van der Waals surface area contributed by atoms with Gasteiger partial charge in [0.15, 0.2) is 0 Å². The lowest BCUT2D eigenvalue weighted by Crippen LogP contribution is -2.36. The van der Waals surface area contributed by atoms with Gasteiger partial charge in [0.25, 0.3) is 5.85 Å². The number of halogens is 4. The average Bonchev–Trinajstić information content (AvgIpc) is 2.54. The van der Waals surface area contributed by atoms with E-state index in [1.54, 1.807) is 6.08 Å². The van der Waals surface area contributed by atoms with Gasteiger partial charge in [-0.2, -0.15) is 0 Å². The quantitative estimate of drug-likeness (QED) is 0.519. The summed E-state index contributed by atoms with van der Waals surface area (Å²) in [5.74, 6) is -1.68. The molecule has 1 saturated carbocycles. The SMILES string of the molecule is CCC[C@H]1CC[C@H](C2=CC=C3C(=CC=CC3(F)OC(F)(F)F)C2)CC1. The van der Waals surface area contributed by atoms with Gasteiger partial charge in [-0.3, -0.25) is 0 Å². The Labute approximate surface area is 146 Å². The Balaban J connectivity index is 1.73. The van der Waals surface area contributed by atoms with Crippen LogP contribution in [0.5, 0.6) is 0 Å². The number of alkyl halides is 4. The summed E-state index contributed by atoms with van der Waals surface area (Å²) in [5.41, 5.74) is 1.76. The van der Waals surface area contributed by atoms with Crippen molar-refractivity contribution in [2.45, 2.75) is 64.1 Å². The second kappa shape index (κ2) is 7.10. The lowest BCUT2D eigenvalue weighted by Gasteiger charge is -2.35. The molecule has 1 fully saturated rings. The molecule has 0 spiro atoms. The maximum Gasteiger partial charge on any atom is 0.525 e. The van der Waals surface area contributed by atoms with Crippen molar-refractivity contribution in [3.05, 3.63) is 47.1 Å². The van der Waals surface area contributed by atoms with Crippen molar-refractivity contribution in [2.75, 3.05) is 0 Å². The van der Waals surface area contributed by atoms with Crippen LogP contribution in [-0.4, -0.2) is 12.2 Å². The second-order valence-electron chi connectivity index (χ2n) is 7.25. The van der Waals surface area contributed by atoms with Crippen molar-refractivity contribution in [3.63, 3.8) is 0 Å². The van der Waals surface area contributed by atoms with Crippen molar-refractivity contribution in [1.29, 1.82) is 0 Å². The maximum absolute atomic E-state index is 14.7. The zero-order chi connectivity index (χ0) is 18.1. The van der Waals surface area contributed by atoms with Gasteiger partial charge in [-0.05, 0) is 55.6 Å². The van der Waals surface area contributed by atoms with Gasteiger partial charge in [0.05, 0.1) is 0 Å².